The van der Waals surface area contributed by atoms with Crippen molar-refractivity contribution in [2.45, 2.75) is 55.2 Å². The Morgan fingerprint density at radius 1 is 0.978 bits per heavy atom. The van der Waals surface area contributed by atoms with Crippen molar-refractivity contribution in [2.24, 2.45) is 0 Å². The van der Waals surface area contributed by atoms with Crippen LogP contribution in [0, 0.1) is 0 Å². The molecule has 0 saturated carbocycles. The van der Waals surface area contributed by atoms with Crippen molar-refractivity contribution < 1.29 is 76.9 Å². The Hall–Kier alpha value is -2.99. The number of carbonyl (C=O) groups is 2. The second-order valence-electron chi connectivity index (χ2n) is 9.78. The van der Waals surface area contributed by atoms with Gasteiger partial charge in [0.2, 0.25) is 5.95 Å². The van der Waals surface area contributed by atoms with Gasteiger partial charge in [0.05, 0.1) is 19.5 Å². The number of phosphoric acid groups is 2. The third-order valence-corrected chi connectivity index (χ3v) is 9.41. The number of nitrogens with zero attached hydrogens (tertiary/aromatic N) is 4. The standard InChI is InChI=1S/C20H26N6O17P2/c21-20-23-16-10(17(34)24-20)22-5-25(16)18-15(33)13(31)7(40-18)4-39-44(35,36)43-45(37,38)42-19-11(26-8(28)1-2-9(26)29)14(32)12(30)6(3-27)41-19/h1-2,5-7,11-15,18-19,27,30-33H,3-4H2,(H,35,36)(H,37,38)(H3,21,23,24,34)/p-2. The summed E-state index contributed by atoms with van der Waals surface area (Å²) in [6.07, 6.45) is -12.4. The molecule has 3 aliphatic rings. The minimum atomic E-state index is -6.10. The fourth-order valence-corrected chi connectivity index (χ4v) is 6.90. The molecular formula is C20H24N6O17P2-2. The molecule has 0 spiro atoms. The number of nitrogens with two attached hydrogens (primary N) is 1. The molecule has 0 radical (unpaired) electrons. The Labute approximate surface area is 249 Å². The first-order chi connectivity index (χ1) is 21.0. The fourth-order valence-electron chi connectivity index (χ4n) is 4.82. The molecule has 2 saturated heterocycles. The number of carbonyl (C=O) groups excluding carboxylic acids is 2. The molecule has 2 aromatic rings. The molecule has 25 heteroatoms. The van der Waals surface area contributed by atoms with Crippen LogP contribution in [0.25, 0.3) is 11.2 Å². The summed E-state index contributed by atoms with van der Waals surface area (Å²) in [5.41, 5.74) is 4.44. The predicted octanol–water partition coefficient (Wildman–Crippen LogP) is -5.96. The number of fused-ring (bicyclic) bond motifs is 1. The van der Waals surface area contributed by atoms with Crippen molar-refractivity contribution in [1.29, 1.82) is 0 Å². The van der Waals surface area contributed by atoms with Gasteiger partial charge in [-0.3, -0.25) is 42.5 Å². The van der Waals surface area contributed by atoms with E-state index >= 15 is 0 Å². The minimum absolute atomic E-state index is 0.159. The number of hydrogen-bond acceptors (Lipinski definition) is 20. The van der Waals surface area contributed by atoms with Crippen molar-refractivity contribution in [3.8, 4) is 0 Å². The van der Waals surface area contributed by atoms with Gasteiger partial charge in [-0.25, -0.2) is 9.29 Å². The van der Waals surface area contributed by atoms with E-state index in [-0.39, 0.29) is 22.0 Å². The van der Waals surface area contributed by atoms with Gasteiger partial charge in [-0.1, -0.05) is 0 Å². The van der Waals surface area contributed by atoms with Gasteiger partial charge in [-0.2, -0.15) is 4.98 Å². The number of aromatic nitrogens is 4. The van der Waals surface area contributed by atoms with Crippen molar-refractivity contribution in [3.63, 3.8) is 0 Å². The Morgan fingerprint density at radius 2 is 1.62 bits per heavy atom. The number of H-pyrrole nitrogens is 1. The van der Waals surface area contributed by atoms with E-state index in [2.05, 4.69) is 28.3 Å². The molecule has 2 fully saturated rings. The summed E-state index contributed by atoms with van der Waals surface area (Å²) in [6.45, 7) is -2.15. The van der Waals surface area contributed by atoms with Gasteiger partial charge in [0.25, 0.3) is 33.0 Å². The number of nitrogens with one attached hydrogen (secondary N) is 1. The molecule has 23 nitrogen and oxygen atoms in total. The van der Waals surface area contributed by atoms with E-state index in [1.54, 1.807) is 0 Å². The Balaban J connectivity index is 1.26. The van der Waals surface area contributed by atoms with E-state index in [0.29, 0.717) is 0 Å². The summed E-state index contributed by atoms with van der Waals surface area (Å²) in [7, 11) is -12.0. The molecule has 0 aromatic carbocycles. The SMILES string of the molecule is Nc1nc2c(ncn2C2OC(COP(=O)([O-])OP(=O)([O-])OC3OC(CO)C(O)C(O)C3N3C(=O)C=CC3=O)C(O)C2O)c(=O)[nH]1. The molecule has 2 aromatic heterocycles. The second-order valence-corrected chi connectivity index (χ2v) is 12.7. The highest BCUT2D eigenvalue weighted by molar-refractivity contribution is 7.59. The first kappa shape index (κ1) is 33.4. The van der Waals surface area contributed by atoms with Gasteiger partial charge in [0, 0.05) is 12.2 Å². The number of imide groups is 1. The molecule has 0 aliphatic carbocycles. The number of hydrogen-bond donors (Lipinski definition) is 7. The molecule has 3 aliphatic heterocycles. The van der Waals surface area contributed by atoms with Gasteiger partial charge in [0.15, 0.2) is 23.7 Å². The minimum Gasteiger partial charge on any atom is -0.756 e. The fraction of sp³-hybridized carbons (Fsp3) is 0.550. The van der Waals surface area contributed by atoms with Crippen LogP contribution in [0.15, 0.2) is 23.3 Å². The highest BCUT2D eigenvalue weighted by Crippen LogP contribution is 2.57. The Bertz CT molecular complexity index is 1650. The van der Waals surface area contributed by atoms with Gasteiger partial charge >= 0.3 is 0 Å². The predicted molar refractivity (Wildman–Crippen MR) is 134 cm³/mol. The van der Waals surface area contributed by atoms with Crippen LogP contribution >= 0.6 is 15.6 Å². The number of imidazole rings is 1. The maximum atomic E-state index is 12.6. The summed E-state index contributed by atoms with van der Waals surface area (Å²) >= 11 is 0. The molecule has 2 amide bonds. The maximum absolute atomic E-state index is 12.6. The number of amides is 2. The lowest BCUT2D eigenvalue weighted by Gasteiger charge is -2.46. The smallest absolute Gasteiger partial charge is 0.280 e. The summed E-state index contributed by atoms with van der Waals surface area (Å²) in [4.78, 5) is 71.6. The number of anilines is 1. The van der Waals surface area contributed by atoms with Crippen molar-refractivity contribution >= 4 is 44.6 Å². The van der Waals surface area contributed by atoms with Crippen LogP contribution < -0.4 is 21.1 Å². The van der Waals surface area contributed by atoms with E-state index in [1.165, 1.54) is 0 Å². The average molecular weight is 682 g/mol. The molecule has 0 bridgehead atoms. The highest BCUT2D eigenvalue weighted by atomic mass is 31.3. The normalized spacial score (nSPS) is 34.8. The van der Waals surface area contributed by atoms with Crippen LogP contribution in [0.1, 0.15) is 6.23 Å². The summed E-state index contributed by atoms with van der Waals surface area (Å²) in [5.74, 6) is -2.45. The number of aliphatic hydroxyl groups excluding tert-OH is 5. The van der Waals surface area contributed by atoms with E-state index in [9.17, 15) is 58.8 Å². The van der Waals surface area contributed by atoms with E-state index in [0.717, 1.165) is 23.0 Å². The van der Waals surface area contributed by atoms with Gasteiger partial charge in [0.1, 0.15) is 42.7 Å². The zero-order valence-corrected chi connectivity index (χ0v) is 24.0. The molecule has 45 heavy (non-hydrogen) atoms. The molecule has 8 N–H and O–H groups in total. The number of ether oxygens (including phenoxy) is 2. The Morgan fingerprint density at radius 3 is 2.27 bits per heavy atom. The van der Waals surface area contributed by atoms with Crippen molar-refractivity contribution in [2.75, 3.05) is 18.9 Å². The quantitative estimate of drug-likeness (QED) is 0.0905. The van der Waals surface area contributed by atoms with E-state index < -0.39 is 101 Å². The number of aromatic amines is 1. The summed E-state index contributed by atoms with van der Waals surface area (Å²) in [5, 5.41) is 51.0. The van der Waals surface area contributed by atoms with Crippen LogP contribution in [0.4, 0.5) is 5.95 Å². The number of aliphatic hydroxyl groups is 5. The number of nitrogen functional groups attached to an aromatic ring is 1. The van der Waals surface area contributed by atoms with Crippen molar-refractivity contribution in [1.82, 2.24) is 24.4 Å². The van der Waals surface area contributed by atoms with Gasteiger partial charge < -0.3 is 55.1 Å². The van der Waals surface area contributed by atoms with Crippen LogP contribution in [-0.4, -0.2) is 124 Å². The second kappa shape index (κ2) is 12.3. The van der Waals surface area contributed by atoms with E-state index in [4.69, 9.17) is 15.2 Å². The Kier molecular flexibility index (Phi) is 9.13. The topological polar surface area (TPSA) is 355 Å². The van der Waals surface area contributed by atoms with Crippen LogP contribution in [-0.2, 0) is 41.6 Å². The zero-order valence-electron chi connectivity index (χ0n) is 22.2. The van der Waals surface area contributed by atoms with Gasteiger partial charge in [-0.15, -0.1) is 0 Å². The van der Waals surface area contributed by atoms with E-state index in [1.807, 2.05) is 0 Å². The molecule has 5 rings (SSSR count). The molecule has 5 heterocycles. The first-order valence-corrected chi connectivity index (χ1v) is 15.5. The number of phosphoric ester groups is 2. The van der Waals surface area contributed by atoms with Crippen LogP contribution in [0.3, 0.4) is 0 Å². The largest absolute Gasteiger partial charge is 0.756 e. The molecule has 11 atom stereocenters. The molecular weight excluding hydrogens is 658 g/mol. The lowest BCUT2D eigenvalue weighted by molar-refractivity contribution is -0.292. The van der Waals surface area contributed by atoms with Crippen LogP contribution in [0.2, 0.25) is 0 Å². The third kappa shape index (κ3) is 6.50. The third-order valence-electron chi connectivity index (χ3n) is 6.88. The highest BCUT2D eigenvalue weighted by Gasteiger charge is 2.52. The van der Waals surface area contributed by atoms with Gasteiger partial charge in [-0.05, 0) is 0 Å². The zero-order chi connectivity index (χ0) is 33.0. The first-order valence-electron chi connectivity index (χ1n) is 12.6. The summed E-state index contributed by atoms with van der Waals surface area (Å²) in [6, 6.07) is -2.06. The molecule has 11 unspecified atom stereocenters. The lowest BCUT2D eigenvalue weighted by Crippen LogP contribution is -2.65. The monoisotopic (exact) mass is 682 g/mol. The van der Waals surface area contributed by atoms with Crippen molar-refractivity contribution in [3.05, 3.63) is 28.8 Å². The number of rotatable bonds is 10. The maximum Gasteiger partial charge on any atom is 0.280 e. The lowest BCUT2D eigenvalue weighted by atomic mass is 9.96. The van der Waals surface area contributed by atoms with Crippen LogP contribution in [0.5, 0.6) is 0 Å². The average Bonchev–Trinajstić information content (AvgIpc) is 3.60. The summed E-state index contributed by atoms with van der Waals surface area (Å²) < 4.78 is 49.7. The molecule has 248 valence electrons.